The predicted molar refractivity (Wildman–Crippen MR) is 82.0 cm³/mol. The lowest BCUT2D eigenvalue weighted by atomic mass is 10.1. The van der Waals surface area contributed by atoms with Gasteiger partial charge in [-0.1, -0.05) is 40.2 Å². The van der Waals surface area contributed by atoms with Crippen molar-refractivity contribution in [1.82, 2.24) is 10.3 Å². The Balaban J connectivity index is 1.81. The Morgan fingerprint density at radius 3 is 2.85 bits per heavy atom. The minimum atomic E-state index is -0.0800. The third-order valence-corrected chi connectivity index (χ3v) is 4.48. The largest absolute Gasteiger partial charge is 0.344 e. The molecule has 20 heavy (non-hydrogen) atoms. The van der Waals surface area contributed by atoms with Crippen LogP contribution in [0.3, 0.4) is 0 Å². The minimum absolute atomic E-state index is 0.0139. The molecule has 2 unspecified atom stereocenters. The molecule has 0 fully saturated rings. The van der Waals surface area contributed by atoms with Crippen LogP contribution < -0.4 is 5.32 Å². The Morgan fingerprint density at radius 2 is 2.10 bits per heavy atom. The first-order valence-corrected chi connectivity index (χ1v) is 7.52. The van der Waals surface area contributed by atoms with E-state index in [2.05, 4.69) is 38.4 Å². The van der Waals surface area contributed by atoms with Crippen LogP contribution >= 0.6 is 15.9 Å². The summed E-state index contributed by atoms with van der Waals surface area (Å²) >= 11 is 3.67. The van der Waals surface area contributed by atoms with E-state index in [1.54, 1.807) is 6.20 Å². The number of nitrogens with one attached hydrogen (secondary N) is 1. The molecule has 2 atom stereocenters. The van der Waals surface area contributed by atoms with Gasteiger partial charge >= 0.3 is 0 Å². The Labute approximate surface area is 126 Å². The van der Waals surface area contributed by atoms with E-state index in [1.165, 1.54) is 11.1 Å². The van der Waals surface area contributed by atoms with Crippen LogP contribution in [0.4, 0.5) is 0 Å². The number of nitrogens with zero attached hydrogens (tertiary/aromatic N) is 1. The van der Waals surface area contributed by atoms with Crippen LogP contribution in [0, 0.1) is 6.92 Å². The number of halogens is 1. The highest BCUT2D eigenvalue weighted by molar-refractivity contribution is 9.09. The van der Waals surface area contributed by atoms with Crippen LogP contribution in [0.25, 0.3) is 0 Å². The highest BCUT2D eigenvalue weighted by Crippen LogP contribution is 2.35. The molecule has 0 saturated carbocycles. The summed E-state index contributed by atoms with van der Waals surface area (Å²) < 4.78 is 0. The smallest absolute Gasteiger partial charge is 0.253 e. The summed E-state index contributed by atoms with van der Waals surface area (Å²) in [6.07, 6.45) is 2.56. The van der Waals surface area contributed by atoms with Gasteiger partial charge in [0, 0.05) is 16.7 Å². The average Bonchev–Trinajstić information content (AvgIpc) is 2.76. The maximum atomic E-state index is 12.3. The number of amides is 1. The zero-order valence-corrected chi connectivity index (χ0v) is 12.7. The monoisotopic (exact) mass is 330 g/mol. The number of benzene rings is 1. The number of aromatic nitrogens is 1. The van der Waals surface area contributed by atoms with Crippen LogP contribution in [0.5, 0.6) is 0 Å². The van der Waals surface area contributed by atoms with Gasteiger partial charge in [0.05, 0.1) is 11.6 Å². The maximum Gasteiger partial charge on any atom is 0.253 e. The van der Waals surface area contributed by atoms with Crippen molar-refractivity contribution in [3.8, 4) is 0 Å². The summed E-state index contributed by atoms with van der Waals surface area (Å²) in [6.45, 7) is 1.91. The lowest BCUT2D eigenvalue weighted by Crippen LogP contribution is -2.31. The molecule has 1 N–H and O–H groups in total. The number of hydrogen-bond acceptors (Lipinski definition) is 2. The molecule has 0 bridgehead atoms. The molecule has 3 rings (SSSR count). The minimum Gasteiger partial charge on any atom is -0.344 e. The van der Waals surface area contributed by atoms with Crippen molar-refractivity contribution in [1.29, 1.82) is 0 Å². The topological polar surface area (TPSA) is 42.0 Å². The molecule has 2 aromatic rings. The van der Waals surface area contributed by atoms with Gasteiger partial charge in [0.15, 0.2) is 0 Å². The molecule has 102 valence electrons. The first-order chi connectivity index (χ1) is 9.65. The molecule has 0 aliphatic heterocycles. The lowest BCUT2D eigenvalue weighted by Gasteiger charge is -2.17. The molecule has 0 radical (unpaired) electrons. The number of fused-ring (bicyclic) bond motifs is 1. The van der Waals surface area contributed by atoms with E-state index < -0.39 is 0 Å². The highest BCUT2D eigenvalue weighted by Gasteiger charge is 2.31. The quantitative estimate of drug-likeness (QED) is 0.859. The van der Waals surface area contributed by atoms with Gasteiger partial charge in [0.25, 0.3) is 5.91 Å². The van der Waals surface area contributed by atoms with E-state index in [9.17, 15) is 4.79 Å². The Kier molecular flexibility index (Phi) is 3.57. The summed E-state index contributed by atoms with van der Waals surface area (Å²) in [7, 11) is 0. The Morgan fingerprint density at radius 1 is 1.30 bits per heavy atom. The van der Waals surface area contributed by atoms with Gasteiger partial charge in [-0.3, -0.25) is 9.78 Å². The molecule has 1 aromatic heterocycles. The van der Waals surface area contributed by atoms with Crippen LogP contribution in [0.15, 0.2) is 42.6 Å². The zero-order chi connectivity index (χ0) is 14.1. The summed E-state index contributed by atoms with van der Waals surface area (Å²) in [5.41, 5.74) is 4.00. The molecule has 4 heteroatoms. The second-order valence-corrected chi connectivity index (χ2v) is 6.23. The average molecular weight is 331 g/mol. The van der Waals surface area contributed by atoms with Crippen LogP contribution in [0.1, 0.15) is 33.2 Å². The Hall–Kier alpha value is -1.68. The number of pyridine rings is 1. The van der Waals surface area contributed by atoms with Crippen LogP contribution in [-0.4, -0.2) is 15.7 Å². The van der Waals surface area contributed by atoms with E-state index in [0.29, 0.717) is 5.56 Å². The molecular weight excluding hydrogens is 316 g/mol. The molecule has 1 heterocycles. The van der Waals surface area contributed by atoms with E-state index in [0.717, 1.165) is 12.1 Å². The first-order valence-electron chi connectivity index (χ1n) is 6.60. The second kappa shape index (κ2) is 5.37. The SMILES string of the molecule is Cc1ccc(C(=O)NC2c3ccccc3CC2Br)cn1. The van der Waals surface area contributed by atoms with Crippen molar-refractivity contribution in [2.45, 2.75) is 24.2 Å². The van der Waals surface area contributed by atoms with E-state index in [-0.39, 0.29) is 16.8 Å². The van der Waals surface area contributed by atoms with Crippen molar-refractivity contribution >= 4 is 21.8 Å². The van der Waals surface area contributed by atoms with Crippen molar-refractivity contribution < 1.29 is 4.79 Å². The zero-order valence-electron chi connectivity index (χ0n) is 11.1. The number of aryl methyl sites for hydroxylation is 1. The van der Waals surface area contributed by atoms with E-state index in [4.69, 9.17) is 0 Å². The Bertz CT molecular complexity index is 639. The lowest BCUT2D eigenvalue weighted by molar-refractivity contribution is 0.0937. The summed E-state index contributed by atoms with van der Waals surface area (Å²) in [6, 6.07) is 11.9. The van der Waals surface area contributed by atoms with Gasteiger partial charge in [-0.15, -0.1) is 0 Å². The number of hydrogen-bond donors (Lipinski definition) is 1. The molecule has 1 aliphatic rings. The normalized spacial score (nSPS) is 20.5. The molecule has 3 nitrogen and oxygen atoms in total. The third kappa shape index (κ3) is 2.48. The van der Waals surface area contributed by atoms with E-state index >= 15 is 0 Å². The predicted octanol–water partition coefficient (Wildman–Crippen LogP) is 3.18. The summed E-state index contributed by atoms with van der Waals surface area (Å²) in [5, 5.41) is 3.09. The fraction of sp³-hybridized carbons (Fsp3) is 0.250. The number of rotatable bonds is 2. The molecule has 1 aliphatic carbocycles. The van der Waals surface area contributed by atoms with Crippen molar-refractivity contribution in [2.75, 3.05) is 0 Å². The van der Waals surface area contributed by atoms with Gasteiger partial charge in [0.1, 0.15) is 0 Å². The molecule has 0 saturated heterocycles. The summed E-state index contributed by atoms with van der Waals surface area (Å²) in [4.78, 5) is 16.7. The number of alkyl halides is 1. The fourth-order valence-electron chi connectivity index (χ4n) is 2.54. The third-order valence-electron chi connectivity index (χ3n) is 3.63. The second-order valence-electron chi connectivity index (χ2n) is 5.06. The maximum absolute atomic E-state index is 12.3. The van der Waals surface area contributed by atoms with Gasteiger partial charge < -0.3 is 5.32 Å². The van der Waals surface area contributed by atoms with E-state index in [1.807, 2.05) is 31.2 Å². The van der Waals surface area contributed by atoms with Gasteiger partial charge in [0.2, 0.25) is 0 Å². The molecular formula is C16H15BrN2O. The molecule has 1 aromatic carbocycles. The van der Waals surface area contributed by atoms with Crippen molar-refractivity contribution in [2.24, 2.45) is 0 Å². The van der Waals surface area contributed by atoms with Crippen molar-refractivity contribution in [3.63, 3.8) is 0 Å². The van der Waals surface area contributed by atoms with Gasteiger partial charge in [-0.2, -0.15) is 0 Å². The van der Waals surface area contributed by atoms with Crippen LogP contribution in [-0.2, 0) is 6.42 Å². The van der Waals surface area contributed by atoms with Gasteiger partial charge in [-0.25, -0.2) is 0 Å². The standard InChI is InChI=1S/C16H15BrN2O/c1-10-6-7-12(9-18-10)16(20)19-15-13-5-3-2-4-11(13)8-14(15)17/h2-7,9,14-15H,8H2,1H3,(H,19,20). The van der Waals surface area contributed by atoms with Gasteiger partial charge in [-0.05, 0) is 36.6 Å². The molecule has 0 spiro atoms. The van der Waals surface area contributed by atoms with Crippen molar-refractivity contribution in [3.05, 3.63) is 65.0 Å². The number of carbonyl (C=O) groups is 1. The number of carbonyl (C=O) groups excluding carboxylic acids is 1. The van der Waals surface area contributed by atoms with Crippen LogP contribution in [0.2, 0.25) is 0 Å². The molecule has 1 amide bonds. The first kappa shape index (κ1) is 13.3. The highest BCUT2D eigenvalue weighted by atomic mass is 79.9. The summed E-state index contributed by atoms with van der Waals surface area (Å²) in [5.74, 6) is -0.0800. The fourth-order valence-corrected chi connectivity index (χ4v) is 3.31.